The van der Waals surface area contributed by atoms with Gasteiger partial charge in [-0.15, -0.1) is 22.7 Å². The fourth-order valence-corrected chi connectivity index (χ4v) is 13.7. The molecule has 10 rings (SSSR count). The van der Waals surface area contributed by atoms with Crippen LogP contribution in [-0.4, -0.2) is 124 Å². The van der Waals surface area contributed by atoms with Crippen molar-refractivity contribution in [1.82, 2.24) is 49.1 Å². The Morgan fingerprint density at radius 3 is 1.08 bits per heavy atom. The first-order valence-corrected chi connectivity index (χ1v) is 34.6. The van der Waals surface area contributed by atoms with Crippen molar-refractivity contribution in [2.24, 2.45) is 0 Å². The Morgan fingerprint density at radius 2 is 0.713 bits per heavy atom. The topological polar surface area (TPSA) is 291 Å². The van der Waals surface area contributed by atoms with Gasteiger partial charge in [-0.05, 0) is 152 Å². The van der Waals surface area contributed by atoms with E-state index in [-0.39, 0.29) is 27.9 Å². The molecule has 10 aromatic rings. The lowest BCUT2D eigenvalue weighted by molar-refractivity contribution is -0.120. The lowest BCUT2D eigenvalue weighted by Crippen LogP contribution is -2.57. The van der Waals surface area contributed by atoms with Gasteiger partial charge < -0.3 is 24.9 Å². The third kappa shape index (κ3) is 20.4. The highest BCUT2D eigenvalue weighted by Gasteiger charge is 2.35. The number of rotatable bonds is 24. The summed E-state index contributed by atoms with van der Waals surface area (Å²) >= 11 is 2.77. The minimum atomic E-state index is -4.96. The quantitative estimate of drug-likeness (QED) is 0.0354. The van der Waals surface area contributed by atoms with Crippen LogP contribution in [0.15, 0.2) is 151 Å². The first kappa shape index (κ1) is 74.9. The maximum absolute atomic E-state index is 14.2. The molecule has 0 bridgehead atoms. The largest absolute Gasteiger partial charge is 0.330 e. The van der Waals surface area contributed by atoms with Gasteiger partial charge >= 0.3 is 16.2 Å². The number of aryl methyl sites for hydroxylation is 2. The van der Waals surface area contributed by atoms with Crippen molar-refractivity contribution in [3.05, 3.63) is 231 Å². The van der Waals surface area contributed by atoms with E-state index in [0.29, 0.717) is 63.9 Å². The monoisotopic (exact) mass is 1470 g/mol. The van der Waals surface area contributed by atoms with Gasteiger partial charge in [-0.2, -0.15) is 31.0 Å². The van der Waals surface area contributed by atoms with Crippen LogP contribution in [0, 0.1) is 60.4 Å². The summed E-state index contributed by atoms with van der Waals surface area (Å²) in [7, 11) is -4.34. The number of halogens is 8. The Kier molecular flexibility index (Phi) is 24.0. The van der Waals surface area contributed by atoms with Gasteiger partial charge in [0, 0.05) is 75.9 Å². The molecule has 6 aromatic carbocycles. The van der Waals surface area contributed by atoms with Crippen molar-refractivity contribution in [3.63, 3.8) is 0 Å². The number of amides is 6. The predicted molar refractivity (Wildman–Crippen MR) is 363 cm³/mol. The van der Waals surface area contributed by atoms with Crippen LogP contribution in [0.4, 0.5) is 62.7 Å². The second-order valence-electron chi connectivity index (χ2n) is 22.8. The molecular weight excluding hydrogens is 1410 g/mol. The van der Waals surface area contributed by atoms with E-state index in [4.69, 9.17) is 0 Å². The Hall–Kier alpha value is -10.3. The summed E-state index contributed by atoms with van der Waals surface area (Å²) in [5.41, 5.74) is 6.08. The molecule has 5 N–H and O–H groups in total. The van der Waals surface area contributed by atoms with E-state index in [0.717, 1.165) is 67.7 Å². The molecule has 0 aliphatic heterocycles. The molecule has 0 fully saturated rings. The van der Waals surface area contributed by atoms with E-state index in [2.05, 4.69) is 39.7 Å². The molecule has 0 radical (unpaired) electrons. The Morgan fingerprint density at radius 1 is 0.396 bits per heavy atom. The molecule has 528 valence electrons. The van der Waals surface area contributed by atoms with Crippen molar-refractivity contribution in [1.29, 1.82) is 0 Å². The second-order valence-corrected chi connectivity index (χ2v) is 27.5. The molecule has 0 saturated carbocycles. The summed E-state index contributed by atoms with van der Waals surface area (Å²) < 4.78 is 177. The number of benzene rings is 6. The number of hydrogen-bond acceptors (Lipinski definition) is 16. The number of carbonyl (C=O) groups excluding carboxylic acids is 5. The Balaban J connectivity index is 0.000000235. The Labute approximate surface area is 580 Å². The van der Waals surface area contributed by atoms with Crippen LogP contribution in [0.3, 0.4) is 0 Å². The van der Waals surface area contributed by atoms with Crippen molar-refractivity contribution in [2.45, 2.75) is 63.7 Å². The summed E-state index contributed by atoms with van der Waals surface area (Å²) in [5.74, 6) is -10.5. The molecule has 0 saturated heterocycles. The summed E-state index contributed by atoms with van der Waals surface area (Å²) in [6.45, 7) is 3.32. The fourth-order valence-electron chi connectivity index (χ4n) is 10.3. The van der Waals surface area contributed by atoms with Gasteiger partial charge in [-0.1, -0.05) is 0 Å². The third-order valence-corrected chi connectivity index (χ3v) is 19.1. The highest BCUT2D eigenvalue weighted by Crippen LogP contribution is 2.28. The predicted octanol–water partition coefficient (Wildman–Crippen LogP) is 8.76. The van der Waals surface area contributed by atoms with E-state index >= 15 is 0 Å². The van der Waals surface area contributed by atoms with Crippen LogP contribution in [-0.2, 0) is 65.3 Å². The number of nitrogens with one attached hydrogen (secondary N) is 5. The number of thiazole rings is 2. The lowest BCUT2D eigenvalue weighted by Gasteiger charge is -2.28. The molecule has 6 amide bonds. The van der Waals surface area contributed by atoms with Gasteiger partial charge in [0.2, 0.25) is 23.6 Å². The zero-order valence-corrected chi connectivity index (χ0v) is 57.2. The van der Waals surface area contributed by atoms with Crippen molar-refractivity contribution < 1.29 is 75.9 Å². The first-order valence-electron chi connectivity index (χ1n) is 29.9. The van der Waals surface area contributed by atoms with Crippen LogP contribution < -0.4 is 43.8 Å². The van der Waals surface area contributed by atoms with E-state index in [1.54, 1.807) is 78.1 Å². The van der Waals surface area contributed by atoms with E-state index < -0.39 is 146 Å². The maximum Gasteiger partial charge on any atom is 0.330 e. The zero-order chi connectivity index (χ0) is 73.2. The third-order valence-electron chi connectivity index (χ3n) is 15.2. The average molecular weight is 1470 g/mol. The van der Waals surface area contributed by atoms with Gasteiger partial charge in [0.1, 0.15) is 76.5 Å². The van der Waals surface area contributed by atoms with Crippen molar-refractivity contribution >= 4 is 116 Å². The smallest absolute Gasteiger partial charge is 0.325 e. The average Bonchev–Trinajstić information content (AvgIpc) is 1.78. The van der Waals surface area contributed by atoms with Crippen molar-refractivity contribution in [3.8, 4) is 0 Å². The number of aromatic nitrogens is 5. The summed E-state index contributed by atoms with van der Waals surface area (Å²) in [6.07, 6.45) is 1.97. The molecule has 0 spiro atoms. The lowest BCUT2D eigenvalue weighted by atomic mass is 10.0. The first-order chi connectivity index (χ1) is 47.7. The molecule has 0 aliphatic carbocycles. The highest BCUT2D eigenvalue weighted by atomic mass is 32.2. The highest BCUT2D eigenvalue weighted by molar-refractivity contribution is 7.88. The molecule has 0 aliphatic rings. The van der Waals surface area contributed by atoms with Crippen molar-refractivity contribution in [2.75, 3.05) is 47.8 Å². The SMILES string of the molecule is CN(C(=O)[C@H](Cc1cc(F)cc(F)c1)NS(=O)(=O)N[C@@H](Cc1cc(F)cc(F)c1)C(=O)N(C)c1ccc2scnc2c1)c1ccc2scnc2c1.Cc1ccc(N(C)C(=O)[C@H](Cc2cc(F)cc(F)c2)NC(=O)NS(=O)(=O)N[C@@H](Cc2cc(F)cc(F)c2)C(=O)N(C)c2cnc(C)nc2)cn1. The molecule has 35 heteroatoms. The number of urea groups is 1. The number of carbonyl (C=O) groups is 5. The van der Waals surface area contributed by atoms with E-state index in [9.17, 15) is 75.9 Å². The number of anilines is 4. The Bertz CT molecular complexity index is 4730. The summed E-state index contributed by atoms with van der Waals surface area (Å²) in [6, 6.07) is 15.1. The summed E-state index contributed by atoms with van der Waals surface area (Å²) in [4.78, 5) is 93.1. The van der Waals surface area contributed by atoms with Crippen LogP contribution in [0.1, 0.15) is 33.8 Å². The molecule has 4 atom stereocenters. The van der Waals surface area contributed by atoms with Gasteiger partial charge in [-0.3, -0.25) is 24.2 Å². The zero-order valence-electron chi connectivity index (χ0n) is 53.9. The van der Waals surface area contributed by atoms with E-state index in [1.165, 1.54) is 79.3 Å². The maximum atomic E-state index is 14.2. The van der Waals surface area contributed by atoms with Crippen LogP contribution >= 0.6 is 22.7 Å². The number of fused-ring (bicyclic) bond motifs is 2. The molecular formula is C66H60F8N14O9S4. The van der Waals surface area contributed by atoms with E-state index in [1.807, 2.05) is 4.72 Å². The molecule has 101 heavy (non-hydrogen) atoms. The summed E-state index contributed by atoms with van der Waals surface area (Å²) in [5, 5.41) is 2.21. The fraction of sp³-hybridized carbons (Fsp3) is 0.212. The van der Waals surface area contributed by atoms with Gasteiger partial charge in [0.05, 0.1) is 61.4 Å². The molecule has 0 unspecified atom stereocenters. The number of likely N-dealkylation sites (N-methyl/N-ethyl adjacent to an activating group) is 4. The van der Waals surface area contributed by atoms with Gasteiger partial charge in [0.25, 0.3) is 10.2 Å². The molecule has 4 heterocycles. The van der Waals surface area contributed by atoms with Crippen LogP contribution in [0.5, 0.6) is 0 Å². The molecule has 4 aromatic heterocycles. The second kappa shape index (κ2) is 32.4. The standard InChI is InChI=1S/C34H28F4N6O4S3.C32H32F4N8O5S/c1-43(25-3-5-31-27(15-25)39-17-49-31)33(45)29(11-19-7-21(35)13-22(36)8-19)41-51(47,48)42-30(12-20-9-23(37)14-24(38)10-20)34(46)44(2)26-4-6-32-28(16-26)40-18-50-32;1-18-5-6-26(15-37-18)43(3)30(45)28(11-20-7-22(33)13-23(34)8-20)40-32(47)42-50(48,49)41-29(12-21-9-24(35)14-25(36)10-21)31(46)44(4)27-16-38-19(2)39-17-27/h3-10,13-18,29-30,41-42H,11-12H2,1-2H3;5-10,13-17,28-29,41H,11-12H2,1-4H3,(H2,40,42,47)/t29-,30-;28-,29-/m00/s1. The van der Waals surface area contributed by atoms with Gasteiger partial charge in [0.15, 0.2) is 0 Å². The number of pyridine rings is 1. The number of nitrogens with zero attached hydrogens (tertiary/aromatic N) is 9. The van der Waals surface area contributed by atoms with Gasteiger partial charge in [-0.25, -0.2) is 64.6 Å². The molecule has 23 nitrogen and oxygen atoms in total. The minimum Gasteiger partial charge on any atom is -0.325 e. The minimum absolute atomic E-state index is 0.0306. The number of hydrogen-bond donors (Lipinski definition) is 5. The van der Waals surface area contributed by atoms with Crippen LogP contribution in [0.2, 0.25) is 0 Å². The van der Waals surface area contributed by atoms with Crippen LogP contribution in [0.25, 0.3) is 20.4 Å². The normalized spacial score (nSPS) is 12.7.